The molecule has 0 aliphatic heterocycles. The van der Waals surface area contributed by atoms with Gasteiger partial charge in [0.05, 0.1) is 0 Å². The van der Waals surface area contributed by atoms with Gasteiger partial charge in [0.1, 0.15) is 0 Å². The van der Waals surface area contributed by atoms with Gasteiger partial charge < -0.3 is 12.4 Å². The number of hydrogen-bond donors (Lipinski definition) is 0. The lowest BCUT2D eigenvalue weighted by Crippen LogP contribution is -3.61. The van der Waals surface area contributed by atoms with Gasteiger partial charge in [0.15, 0.2) is 7.14 Å². The quantitative estimate of drug-likeness (QED) is 0.561. The average molecular weight is 429 g/mol. The van der Waals surface area contributed by atoms with E-state index in [1.807, 2.05) is 0 Å². The molecule has 0 bridgehead atoms. The Labute approximate surface area is 152 Å². The summed E-state index contributed by atoms with van der Waals surface area (Å²) >= 11 is -0.0703. The highest BCUT2D eigenvalue weighted by atomic mass is 127. The van der Waals surface area contributed by atoms with Crippen LogP contribution in [0.25, 0.3) is 0 Å². The Hall–Kier alpha value is -0.540. The molecule has 0 atom stereocenters. The summed E-state index contributed by atoms with van der Waals surface area (Å²) in [5.41, 5.74) is 3.31. The molecule has 0 radical (unpaired) electrons. The number of benzene rings is 2. The Kier molecular flexibility index (Phi) is 6.52. The normalized spacial score (nSPS) is 11.9. The van der Waals surface area contributed by atoms with Gasteiger partial charge in [0.2, 0.25) is 0 Å². The fraction of sp³-hybridized carbons (Fsp3) is 0.400. The molecule has 2 heteroatoms. The molecule has 0 amide bonds. The third-order valence-electron chi connectivity index (χ3n) is 3.64. The number of hydrogen-bond acceptors (Lipinski definition) is 0. The van der Waals surface area contributed by atoms with Crippen molar-refractivity contribution in [2.24, 2.45) is 0 Å². The van der Waals surface area contributed by atoms with Gasteiger partial charge in [-0.15, -0.1) is 0 Å². The Morgan fingerprint density at radius 1 is 0.545 bits per heavy atom. The van der Waals surface area contributed by atoms with Crippen molar-refractivity contribution in [1.82, 2.24) is 0 Å². The topological polar surface area (TPSA) is 0 Å². The summed E-state index contributed by atoms with van der Waals surface area (Å²) in [5, 5.41) is 0. The minimum Gasteiger partial charge on any atom is -1.00 e. The summed E-state index contributed by atoms with van der Waals surface area (Å²) in [6.45, 7) is 13.6. The zero-order chi connectivity index (χ0) is 15.7. The first kappa shape index (κ1) is 19.5. The second-order valence-electron chi connectivity index (χ2n) is 7.61. The molecule has 0 aromatic heterocycles. The van der Waals surface area contributed by atoms with Crippen molar-refractivity contribution < 1.29 is 33.6 Å². The van der Waals surface area contributed by atoms with Crippen molar-refractivity contribution in [1.29, 1.82) is 0 Å². The van der Waals surface area contributed by atoms with Crippen LogP contribution in [0.5, 0.6) is 0 Å². The van der Waals surface area contributed by atoms with Gasteiger partial charge in [0, 0.05) is 0 Å². The maximum Gasteiger partial charge on any atom is 0.357 e. The minimum absolute atomic E-state index is 0. The number of halogens is 2. The van der Waals surface area contributed by atoms with Crippen molar-refractivity contribution in [2.75, 3.05) is 0 Å². The molecule has 120 valence electrons. The van der Waals surface area contributed by atoms with E-state index in [0.29, 0.717) is 0 Å². The Morgan fingerprint density at radius 3 is 1.05 bits per heavy atom. The summed E-state index contributed by atoms with van der Waals surface area (Å²) in [5.74, 6) is 0. The lowest BCUT2D eigenvalue weighted by molar-refractivity contribution is -0.597. The van der Waals surface area contributed by atoms with Crippen molar-refractivity contribution in [3.8, 4) is 0 Å². The first-order chi connectivity index (χ1) is 9.66. The Balaban J connectivity index is 0.00000242. The van der Waals surface area contributed by atoms with Gasteiger partial charge in [-0.1, -0.05) is 65.8 Å². The van der Waals surface area contributed by atoms with Crippen LogP contribution in [-0.2, 0) is 10.8 Å². The molecule has 0 heterocycles. The largest absolute Gasteiger partial charge is 1.00 e. The van der Waals surface area contributed by atoms with E-state index in [-0.39, 0.29) is 44.4 Å². The fourth-order valence-electron chi connectivity index (χ4n) is 2.15. The standard InChI is InChI=1S/C20H26I.ClH/c1-19(2,3)15-7-11-17(12-8-15)21-18-13-9-16(10-14-18)20(4,5)6;/h7-14H,1-6H3;1H/q+1;/p-1. The first-order valence-corrected chi connectivity index (χ1v) is 9.68. The highest BCUT2D eigenvalue weighted by molar-refractivity contribution is 5.23. The SMILES string of the molecule is CC(C)(C)c1ccc([I+]c2ccc(C(C)(C)C)cc2)cc1.[Cl-]. The molecule has 0 spiro atoms. The summed E-state index contributed by atoms with van der Waals surface area (Å²) in [6.07, 6.45) is 0. The third-order valence-corrected chi connectivity index (χ3v) is 6.32. The molecule has 2 rings (SSSR count). The van der Waals surface area contributed by atoms with Gasteiger partial charge in [-0.25, -0.2) is 0 Å². The van der Waals surface area contributed by atoms with Gasteiger partial charge in [-0.3, -0.25) is 0 Å². The van der Waals surface area contributed by atoms with Crippen LogP contribution in [0.3, 0.4) is 0 Å². The van der Waals surface area contributed by atoms with E-state index in [9.17, 15) is 0 Å². The summed E-state index contributed by atoms with van der Waals surface area (Å²) in [6, 6.07) is 18.4. The molecule has 0 N–H and O–H groups in total. The van der Waals surface area contributed by atoms with Crippen LogP contribution in [0, 0.1) is 7.14 Å². The Morgan fingerprint density at radius 2 is 0.818 bits per heavy atom. The summed E-state index contributed by atoms with van der Waals surface area (Å²) in [4.78, 5) is 0. The first-order valence-electron chi connectivity index (χ1n) is 7.52. The van der Waals surface area contributed by atoms with E-state index < -0.39 is 0 Å². The van der Waals surface area contributed by atoms with Crippen LogP contribution in [0.1, 0.15) is 52.7 Å². The third kappa shape index (κ3) is 5.27. The predicted molar refractivity (Wildman–Crippen MR) is 87.7 cm³/mol. The molecule has 0 aliphatic rings. The van der Waals surface area contributed by atoms with Crippen molar-refractivity contribution in [3.05, 3.63) is 66.8 Å². The molecule has 22 heavy (non-hydrogen) atoms. The lowest BCUT2D eigenvalue weighted by Gasteiger charge is -2.18. The lowest BCUT2D eigenvalue weighted by atomic mass is 9.87. The van der Waals surface area contributed by atoms with Gasteiger partial charge in [-0.2, -0.15) is 0 Å². The molecule has 0 unspecified atom stereocenters. The molecular weight excluding hydrogens is 403 g/mol. The van der Waals surface area contributed by atoms with E-state index in [1.54, 1.807) is 0 Å². The van der Waals surface area contributed by atoms with Crippen LogP contribution in [0.2, 0.25) is 0 Å². The zero-order valence-electron chi connectivity index (χ0n) is 14.4. The van der Waals surface area contributed by atoms with E-state index in [2.05, 4.69) is 90.1 Å². The summed E-state index contributed by atoms with van der Waals surface area (Å²) in [7, 11) is 0. The van der Waals surface area contributed by atoms with E-state index >= 15 is 0 Å². The highest BCUT2D eigenvalue weighted by Gasteiger charge is 2.20. The van der Waals surface area contributed by atoms with Gasteiger partial charge >= 0.3 is 21.2 Å². The molecular formula is C20H26ClI. The van der Waals surface area contributed by atoms with Crippen LogP contribution in [0.4, 0.5) is 0 Å². The minimum atomic E-state index is -0.0703. The molecule has 0 saturated heterocycles. The number of rotatable bonds is 2. The maximum absolute atomic E-state index is 2.31. The fourth-order valence-corrected chi connectivity index (χ4v) is 4.31. The predicted octanol–water partition coefficient (Wildman–Crippen LogP) is -0.586. The van der Waals surface area contributed by atoms with Crippen LogP contribution in [-0.4, -0.2) is 0 Å². The van der Waals surface area contributed by atoms with E-state index in [1.165, 1.54) is 18.3 Å². The molecule has 2 aromatic carbocycles. The zero-order valence-corrected chi connectivity index (χ0v) is 17.3. The molecule has 0 aliphatic carbocycles. The highest BCUT2D eigenvalue weighted by Crippen LogP contribution is 2.21. The molecule has 2 aromatic rings. The van der Waals surface area contributed by atoms with Crippen molar-refractivity contribution in [3.63, 3.8) is 0 Å². The second-order valence-corrected chi connectivity index (χ2v) is 10.6. The van der Waals surface area contributed by atoms with Gasteiger partial charge in [-0.05, 0) is 46.2 Å². The van der Waals surface area contributed by atoms with E-state index in [4.69, 9.17) is 0 Å². The molecule has 0 fully saturated rings. The average Bonchev–Trinajstić information content (AvgIpc) is 2.38. The maximum atomic E-state index is 2.31. The van der Waals surface area contributed by atoms with E-state index in [0.717, 1.165) is 0 Å². The molecule has 0 saturated carbocycles. The van der Waals surface area contributed by atoms with Crippen LogP contribution < -0.4 is 33.6 Å². The molecule has 0 nitrogen and oxygen atoms in total. The Bertz CT molecular complexity index is 528. The van der Waals surface area contributed by atoms with Crippen LogP contribution in [0.15, 0.2) is 48.5 Å². The van der Waals surface area contributed by atoms with Crippen LogP contribution >= 0.6 is 0 Å². The smallest absolute Gasteiger partial charge is 0.357 e. The summed E-state index contributed by atoms with van der Waals surface area (Å²) < 4.78 is 2.98. The van der Waals surface area contributed by atoms with Crippen molar-refractivity contribution in [2.45, 2.75) is 52.4 Å². The monoisotopic (exact) mass is 428 g/mol. The second kappa shape index (κ2) is 7.35. The van der Waals surface area contributed by atoms with Crippen molar-refractivity contribution >= 4 is 0 Å². The van der Waals surface area contributed by atoms with Gasteiger partial charge in [0.25, 0.3) is 0 Å².